The molecule has 0 saturated heterocycles. The van der Waals surface area contributed by atoms with Gasteiger partial charge in [0.15, 0.2) is 83.1 Å². The number of ketones is 5. The van der Waals surface area contributed by atoms with Crippen LogP contribution in [0, 0.1) is 39.3 Å². The van der Waals surface area contributed by atoms with Gasteiger partial charge < -0.3 is 129 Å². The number of nitrogens with zero attached hydrogens (tertiary/aromatic N) is 10. The van der Waals surface area contributed by atoms with Crippen LogP contribution < -0.4 is 51.9 Å². The molecule has 10 aromatic rings. The van der Waals surface area contributed by atoms with Crippen molar-refractivity contribution in [3.05, 3.63) is 199 Å². The first-order chi connectivity index (χ1) is 65.9. The molecule has 5 atom stereocenters. The van der Waals surface area contributed by atoms with Gasteiger partial charge in [-0.25, -0.2) is 57.7 Å². The van der Waals surface area contributed by atoms with Crippen LogP contribution in [-0.4, -0.2) is 225 Å². The first-order valence-electron chi connectivity index (χ1n) is 41.2. The van der Waals surface area contributed by atoms with Gasteiger partial charge in [0.25, 0.3) is 0 Å². The van der Waals surface area contributed by atoms with Gasteiger partial charge in [0.05, 0.1) is 0 Å². The predicted octanol–water partition coefficient (Wildman–Crippen LogP) is 7.70. The average molecular weight is 2010 g/mol. The standard InChI is InChI=1S/C18H20BN3O6S.2C16H15BFN3O6S.2C16H16BN3O6S/c1-2-3-9-4-10-6-11(19(26)28-16(10)12(5-9)17(24)25)7-14(23)15(22-27)13-8-29-18(20)21-13;1-6-9(18)3-7-2-8(17(25)27-14(7)12(6)15(23)24)4-11(22)13(21-26)10-5-28-16(19)20-10;1-6-2-9(15(23)24)14-8(12(6)18)3-7(17(25)27-14)4-11(22)13(21-26)10-5-28-16(19)20-10;1-7-2-8-4-9(17(24)26-14(8)10(3-7)15(22)23)5-12(21)13(20-25)11-6-27-16(18)19-11;1-7-2-3-8-4-9(17(24)26-14(8)12(7)15(22)23)5-11(21)13(20-25)10-6-27-16(18)19-10/h4-5,8,11,26-27H,2-3,6-7H2,1H3,(H2,20,21)(H,24,25);3,5,8,25-26H,2,4H2,1H3,(H2,19,20)(H,23,24);2,5,7,25-26H,3-4H2,1H3,(H2,19,20)(H,23,24);2*2-3,6,9,24-25H,4-5H2,1H3,(H2,18,19)(H,22,23)/b22-15-;2*21-13-;2*20-13-/t11-;8-;7-;2*9-/m11111/s1. The number of carboxylic acids is 5. The third kappa shape index (κ3) is 24.5. The maximum atomic E-state index is 14.5. The predicted molar refractivity (Wildman–Crippen MR) is 503 cm³/mol. The molecule has 5 aliphatic rings. The third-order valence-corrected chi connectivity index (χ3v) is 25.5. The van der Waals surface area contributed by atoms with Gasteiger partial charge in [-0.1, -0.05) is 63.4 Å². The molecule has 25 N–H and O–H groups in total. The number of carbonyl (C=O) groups is 10. The molecule has 0 unspecified atom stereocenters. The number of hydrogen-bond donors (Lipinski definition) is 20. The van der Waals surface area contributed by atoms with Crippen LogP contribution in [0.25, 0.3) is 0 Å². The van der Waals surface area contributed by atoms with E-state index in [0.29, 0.717) is 28.7 Å². The number of carbonyl (C=O) groups excluding carboxylic acids is 5. The van der Waals surface area contributed by atoms with E-state index in [4.69, 9.17) is 62.4 Å². The number of thiazole rings is 5. The smallest absolute Gasteiger partial charge is 0.526 e. The summed E-state index contributed by atoms with van der Waals surface area (Å²) in [5.74, 6) is -14.1. The van der Waals surface area contributed by atoms with Crippen molar-refractivity contribution in [2.75, 3.05) is 28.7 Å². The van der Waals surface area contributed by atoms with Crippen LogP contribution in [0.1, 0.15) is 181 Å². The first kappa shape index (κ1) is 105. The van der Waals surface area contributed by atoms with Gasteiger partial charge in [0, 0.05) is 99.2 Å². The van der Waals surface area contributed by atoms with Crippen molar-refractivity contribution >= 4 is 205 Å². The molecule has 139 heavy (non-hydrogen) atoms. The van der Waals surface area contributed by atoms with E-state index in [1.165, 1.54) is 46.8 Å². The number of aromatic nitrogens is 5. The number of nitrogen functional groups attached to an aromatic ring is 5. The number of rotatable bonds is 27. The van der Waals surface area contributed by atoms with Crippen molar-refractivity contribution in [3.8, 4) is 28.7 Å². The Labute approximate surface area is 805 Å². The largest absolute Gasteiger partial charge is 0.535 e. The van der Waals surface area contributed by atoms with E-state index in [9.17, 15) is 123 Å². The molecule has 0 bridgehead atoms. The molecule has 45 nitrogen and oxygen atoms in total. The van der Waals surface area contributed by atoms with E-state index in [1.807, 2.05) is 13.0 Å². The van der Waals surface area contributed by atoms with Crippen LogP contribution in [0.3, 0.4) is 0 Å². The van der Waals surface area contributed by atoms with Gasteiger partial charge in [0.1, 0.15) is 96.7 Å². The molecule has 10 heterocycles. The Morgan fingerprint density at radius 2 is 0.683 bits per heavy atom. The summed E-state index contributed by atoms with van der Waals surface area (Å²) < 4.78 is 55.5. The monoisotopic (exact) mass is 2010 g/mol. The van der Waals surface area contributed by atoms with Gasteiger partial charge in [-0.05, 0) is 135 Å². The van der Waals surface area contributed by atoms with Crippen LogP contribution in [0.2, 0.25) is 29.1 Å². The molecular formula is C82H82B5F2N15O30S5. The number of nitrogens with two attached hydrogens (primary N) is 5. The Kier molecular flexibility index (Phi) is 34.3. The summed E-state index contributed by atoms with van der Waals surface area (Å²) in [6.07, 6.45) is 0.983. The van der Waals surface area contributed by atoms with E-state index in [1.54, 1.807) is 38.1 Å². The molecule has 0 amide bonds. The van der Waals surface area contributed by atoms with Gasteiger partial charge in [0.2, 0.25) is 0 Å². The lowest BCUT2D eigenvalue weighted by molar-refractivity contribution is -0.114. The fourth-order valence-corrected chi connectivity index (χ4v) is 18.4. The third-order valence-electron chi connectivity index (χ3n) is 22.2. The summed E-state index contributed by atoms with van der Waals surface area (Å²) in [5.41, 5.74) is 30.3. The Morgan fingerprint density at radius 3 is 1.01 bits per heavy atom. The molecule has 0 aliphatic carbocycles. The zero-order valence-electron chi connectivity index (χ0n) is 73.3. The number of carboxylic acid groups (broad SMARTS) is 5. The number of Topliss-reactive ketones (excluding diaryl/α,β-unsaturated/α-hetero) is 5. The van der Waals surface area contributed by atoms with Gasteiger partial charge in [-0.2, -0.15) is 0 Å². The van der Waals surface area contributed by atoms with Crippen molar-refractivity contribution < 1.29 is 157 Å². The van der Waals surface area contributed by atoms with Gasteiger partial charge >= 0.3 is 65.4 Å². The summed E-state index contributed by atoms with van der Waals surface area (Å²) >= 11 is 5.42. The average Bonchev–Trinajstić information content (AvgIpc) is 1.69. The fourth-order valence-electron chi connectivity index (χ4n) is 15.6. The highest BCUT2D eigenvalue weighted by Crippen LogP contribution is 2.45. The van der Waals surface area contributed by atoms with Crippen LogP contribution in [0.15, 0.2) is 101 Å². The fraction of sp³-hybridized carbons (Fsp3) is 0.268. The lowest BCUT2D eigenvalue weighted by atomic mass is 9.64. The maximum absolute atomic E-state index is 14.5. The molecule has 724 valence electrons. The topological polar surface area (TPSA) is 777 Å². The molecule has 0 saturated carbocycles. The van der Waals surface area contributed by atoms with Gasteiger partial charge in [-0.15, -0.1) is 56.7 Å². The molecule has 5 aliphatic heterocycles. The van der Waals surface area contributed by atoms with Gasteiger partial charge in [-0.3, -0.25) is 24.0 Å². The number of halogens is 2. The zero-order valence-corrected chi connectivity index (χ0v) is 77.3. The van der Waals surface area contributed by atoms with E-state index < -0.39 is 135 Å². The van der Waals surface area contributed by atoms with E-state index in [0.717, 1.165) is 86.4 Å². The SMILES string of the molecule is CCCc1cc2c(c(C(=O)O)c1)OB(O)[C@@H](CC(=O)/C(=N\O)c1csc(N)n1)C2.Cc1c(F)cc2c(c1C(=O)O)OB(O)[C@@H](CC(=O)/C(=N\O)c1csc(N)n1)C2.Cc1cc(C(=O)O)c2c(c1F)C[C@H](CC(=O)/C(=N\O)c1csc(N)n1)B(O)O2.Cc1cc2c(c(C(=O)O)c1)OB(O)[C@@H](CC(=O)/C(=N\O)c1csc(N)n1)C2.Cc1ccc2c(c1C(=O)O)OB(O)[C@@H](CC(=O)/C(=N\O)c1csc(N)n1)C2. The van der Waals surface area contributed by atoms with E-state index in [2.05, 4.69) is 50.7 Å². The second kappa shape index (κ2) is 45.5. The lowest BCUT2D eigenvalue weighted by Gasteiger charge is -2.28. The number of aromatic carboxylic acids is 5. The Bertz CT molecular complexity index is 6650. The van der Waals surface area contributed by atoms with Crippen molar-refractivity contribution in [3.63, 3.8) is 0 Å². The maximum Gasteiger partial charge on any atom is 0.526 e. The minimum atomic E-state index is -1.54. The Hall–Kier alpha value is -14.7. The van der Waals surface area contributed by atoms with Crippen LogP contribution in [0.4, 0.5) is 34.4 Å². The summed E-state index contributed by atoms with van der Waals surface area (Å²) in [6, 6.07) is 12.2. The summed E-state index contributed by atoms with van der Waals surface area (Å²) in [6.45, 7) is 8.09. The van der Waals surface area contributed by atoms with Crippen molar-refractivity contribution in [2.45, 2.75) is 141 Å². The molecule has 0 fully saturated rings. The summed E-state index contributed by atoms with van der Waals surface area (Å²) in [4.78, 5) is 140. The highest BCUT2D eigenvalue weighted by atomic mass is 32.1. The lowest BCUT2D eigenvalue weighted by Crippen LogP contribution is -2.37. The highest BCUT2D eigenvalue weighted by molar-refractivity contribution is 7.15. The van der Waals surface area contributed by atoms with E-state index >= 15 is 0 Å². The van der Waals surface area contributed by atoms with Crippen LogP contribution in [0.5, 0.6) is 28.7 Å². The minimum Gasteiger partial charge on any atom is -0.535 e. The quantitative estimate of drug-likeness (QED) is 0.0101. The minimum absolute atomic E-state index is 0.00235. The second-order valence-electron chi connectivity index (χ2n) is 31.8. The molecule has 0 radical (unpaired) electrons. The van der Waals surface area contributed by atoms with E-state index in [-0.39, 0.29) is 226 Å². The Balaban J connectivity index is 0.000000166. The van der Waals surface area contributed by atoms with Crippen LogP contribution >= 0.6 is 56.7 Å². The molecule has 5 aromatic heterocycles. The molecular weight excluding hydrogens is 1930 g/mol. The Morgan fingerprint density at radius 1 is 0.381 bits per heavy atom. The molecule has 15 rings (SSSR count). The second-order valence-corrected chi connectivity index (χ2v) is 36.2. The summed E-state index contributed by atoms with van der Waals surface area (Å²) in [5, 5.41) is 168. The molecule has 0 spiro atoms. The number of aryl methyl sites for hydroxylation is 4. The summed E-state index contributed by atoms with van der Waals surface area (Å²) in [7, 11) is -7.16. The number of fused-ring (bicyclic) bond motifs is 5. The molecule has 5 aromatic carbocycles. The van der Waals surface area contributed by atoms with Crippen molar-refractivity contribution in [1.82, 2.24) is 24.9 Å². The number of benzene rings is 5. The number of oxime groups is 5. The van der Waals surface area contributed by atoms with Crippen molar-refractivity contribution in [1.29, 1.82) is 0 Å². The van der Waals surface area contributed by atoms with Crippen molar-refractivity contribution in [2.24, 2.45) is 25.8 Å². The zero-order chi connectivity index (χ0) is 102. The number of anilines is 5. The number of hydrogen-bond acceptors (Lipinski definition) is 45. The highest BCUT2D eigenvalue weighted by Gasteiger charge is 2.46. The normalized spacial score (nSPS) is 16.5. The first-order valence-corrected chi connectivity index (χ1v) is 45.6. The molecule has 57 heteroatoms. The van der Waals surface area contributed by atoms with Crippen LogP contribution in [-0.2, 0) is 62.5 Å².